The number of hydrogen-bond acceptors (Lipinski definition) is 4. The molecule has 0 saturated heterocycles. The van der Waals surface area contributed by atoms with Crippen molar-refractivity contribution in [2.45, 2.75) is 19.3 Å². The van der Waals surface area contributed by atoms with Crippen LogP contribution in [0.3, 0.4) is 0 Å². The molecule has 4 rings (SSSR count). The van der Waals surface area contributed by atoms with Gasteiger partial charge in [0.15, 0.2) is 5.78 Å². The molecule has 0 N–H and O–H groups in total. The first kappa shape index (κ1) is 23.8. The predicted molar refractivity (Wildman–Crippen MR) is 133 cm³/mol. The zero-order valence-corrected chi connectivity index (χ0v) is 19.0. The average molecular weight is 470 g/mol. The molecule has 0 radical (unpaired) electrons. The molecule has 1 heterocycles. The molecular formula is C29H24FNO4. The summed E-state index contributed by atoms with van der Waals surface area (Å²) in [7, 11) is 0. The summed E-state index contributed by atoms with van der Waals surface area (Å²) >= 11 is 0. The van der Waals surface area contributed by atoms with Crippen molar-refractivity contribution < 1.29 is 23.5 Å². The van der Waals surface area contributed by atoms with Gasteiger partial charge >= 0.3 is 0 Å². The summed E-state index contributed by atoms with van der Waals surface area (Å²) in [4.78, 5) is 36.7. The number of unbranched alkanes of at least 4 members (excludes halogenated alkanes) is 1. The van der Waals surface area contributed by atoms with Crippen molar-refractivity contribution in [3.8, 4) is 5.75 Å². The number of allylic oxidation sites excluding steroid dienone is 1. The Morgan fingerprint density at radius 1 is 0.829 bits per heavy atom. The zero-order valence-electron chi connectivity index (χ0n) is 19.0. The van der Waals surface area contributed by atoms with Crippen molar-refractivity contribution in [3.63, 3.8) is 0 Å². The topological polar surface area (TPSA) is 63.7 Å². The highest BCUT2D eigenvalue weighted by molar-refractivity contribution is 6.28. The molecule has 176 valence electrons. The fraction of sp³-hybridized carbons (Fsp3) is 0.138. The molecule has 0 atom stereocenters. The standard InChI is InChI=1S/C29H24FNO4/c30-24-11-9-23(10-12-24)27(32)17-8-22-6-4-21(5-7-22)3-1-2-20-35-26-15-13-25(14-16-26)31-28(33)18-19-29(31)34/h4-19H,1-3,20H2/b17-8+. The quantitative estimate of drug-likeness (QED) is 0.169. The number of aryl methyl sites for hydroxylation is 1. The molecule has 0 spiro atoms. The van der Waals surface area contributed by atoms with Crippen LogP contribution < -0.4 is 9.64 Å². The molecule has 1 aliphatic rings. The molecule has 3 aromatic rings. The van der Waals surface area contributed by atoms with E-state index in [1.54, 1.807) is 30.3 Å². The average Bonchev–Trinajstić information content (AvgIpc) is 3.21. The van der Waals surface area contributed by atoms with Gasteiger partial charge in [-0.1, -0.05) is 30.3 Å². The van der Waals surface area contributed by atoms with Crippen LogP contribution in [0.1, 0.15) is 34.3 Å². The largest absolute Gasteiger partial charge is 0.494 e. The number of imide groups is 1. The van der Waals surface area contributed by atoms with Gasteiger partial charge in [-0.15, -0.1) is 0 Å². The fourth-order valence-corrected chi connectivity index (χ4v) is 3.65. The minimum absolute atomic E-state index is 0.168. The van der Waals surface area contributed by atoms with E-state index in [4.69, 9.17) is 4.74 Å². The number of carbonyl (C=O) groups is 3. The Balaban J connectivity index is 1.17. The highest BCUT2D eigenvalue weighted by Crippen LogP contribution is 2.22. The summed E-state index contributed by atoms with van der Waals surface area (Å²) < 4.78 is 18.7. The molecule has 6 heteroatoms. The molecular weight excluding hydrogens is 445 g/mol. The zero-order chi connectivity index (χ0) is 24.6. The molecule has 0 aromatic heterocycles. The predicted octanol–water partition coefficient (Wildman–Crippen LogP) is 5.55. The SMILES string of the molecule is O=C(/C=C/c1ccc(CCCCOc2ccc(N3C(=O)C=CC3=O)cc2)cc1)c1ccc(F)cc1. The summed E-state index contributed by atoms with van der Waals surface area (Å²) in [5, 5.41) is 0. The van der Waals surface area contributed by atoms with Crippen LogP contribution in [0.4, 0.5) is 10.1 Å². The van der Waals surface area contributed by atoms with Gasteiger partial charge in [-0.2, -0.15) is 0 Å². The second kappa shape index (κ2) is 11.2. The molecule has 2 amide bonds. The number of nitrogens with zero attached hydrogens (tertiary/aromatic N) is 1. The number of ether oxygens (including phenoxy) is 1. The second-order valence-electron chi connectivity index (χ2n) is 8.09. The highest BCUT2D eigenvalue weighted by atomic mass is 19.1. The van der Waals surface area contributed by atoms with Crippen LogP contribution >= 0.6 is 0 Å². The Kier molecular flexibility index (Phi) is 7.63. The van der Waals surface area contributed by atoms with E-state index in [9.17, 15) is 18.8 Å². The number of halogens is 1. The number of anilines is 1. The van der Waals surface area contributed by atoms with Gasteiger partial charge in [0.25, 0.3) is 11.8 Å². The van der Waals surface area contributed by atoms with Crippen LogP contribution in [0.25, 0.3) is 6.08 Å². The first-order chi connectivity index (χ1) is 17.0. The van der Waals surface area contributed by atoms with E-state index in [-0.39, 0.29) is 23.4 Å². The number of hydrogen-bond donors (Lipinski definition) is 0. The Labute approximate surface area is 203 Å². The third-order valence-electron chi connectivity index (χ3n) is 5.57. The van der Waals surface area contributed by atoms with Gasteiger partial charge in [-0.05, 0) is 85.0 Å². The van der Waals surface area contributed by atoms with Crippen LogP contribution in [0.15, 0.2) is 91.0 Å². The number of benzene rings is 3. The molecule has 35 heavy (non-hydrogen) atoms. The Hall–Kier alpha value is -4.32. The first-order valence-electron chi connectivity index (χ1n) is 11.4. The number of ketones is 1. The van der Waals surface area contributed by atoms with Crippen molar-refractivity contribution in [3.05, 3.63) is 114 Å². The Morgan fingerprint density at radius 3 is 2.14 bits per heavy atom. The number of rotatable bonds is 10. The lowest BCUT2D eigenvalue weighted by molar-refractivity contribution is -0.119. The fourth-order valence-electron chi connectivity index (χ4n) is 3.65. The Morgan fingerprint density at radius 2 is 1.49 bits per heavy atom. The summed E-state index contributed by atoms with van der Waals surface area (Å²) in [5.41, 5.74) is 3.09. The molecule has 0 bridgehead atoms. The van der Waals surface area contributed by atoms with Crippen LogP contribution in [0, 0.1) is 5.82 Å². The van der Waals surface area contributed by atoms with Crippen molar-refractivity contribution in [2.75, 3.05) is 11.5 Å². The minimum atomic E-state index is -0.366. The van der Waals surface area contributed by atoms with E-state index in [2.05, 4.69) is 0 Å². The third kappa shape index (κ3) is 6.38. The molecule has 1 aliphatic heterocycles. The smallest absolute Gasteiger partial charge is 0.258 e. The van der Waals surface area contributed by atoms with Crippen LogP contribution in [-0.4, -0.2) is 24.2 Å². The molecule has 0 unspecified atom stereocenters. The van der Waals surface area contributed by atoms with E-state index < -0.39 is 0 Å². The van der Waals surface area contributed by atoms with Gasteiger partial charge in [0, 0.05) is 17.7 Å². The number of carbonyl (C=O) groups excluding carboxylic acids is 3. The lowest BCUT2D eigenvalue weighted by atomic mass is 10.0. The highest BCUT2D eigenvalue weighted by Gasteiger charge is 2.24. The van der Waals surface area contributed by atoms with E-state index >= 15 is 0 Å². The maximum Gasteiger partial charge on any atom is 0.258 e. The summed E-state index contributed by atoms with van der Waals surface area (Å²) in [5.74, 6) is -0.530. The molecule has 3 aromatic carbocycles. The van der Waals surface area contributed by atoms with Crippen molar-refractivity contribution in [2.24, 2.45) is 0 Å². The first-order valence-corrected chi connectivity index (χ1v) is 11.4. The van der Waals surface area contributed by atoms with E-state index in [1.165, 1.54) is 48.1 Å². The van der Waals surface area contributed by atoms with Crippen LogP contribution in [0.2, 0.25) is 0 Å². The minimum Gasteiger partial charge on any atom is -0.494 e. The van der Waals surface area contributed by atoms with Gasteiger partial charge < -0.3 is 4.74 Å². The lowest BCUT2D eigenvalue weighted by Crippen LogP contribution is -2.29. The monoisotopic (exact) mass is 469 g/mol. The summed E-state index contributed by atoms with van der Waals surface area (Å²) in [6.07, 6.45) is 8.50. The maximum absolute atomic E-state index is 13.0. The van der Waals surface area contributed by atoms with Crippen LogP contribution in [0.5, 0.6) is 5.75 Å². The van der Waals surface area contributed by atoms with Crippen LogP contribution in [-0.2, 0) is 16.0 Å². The third-order valence-corrected chi connectivity index (χ3v) is 5.57. The van der Waals surface area contributed by atoms with Gasteiger partial charge in [0.05, 0.1) is 12.3 Å². The van der Waals surface area contributed by atoms with Gasteiger partial charge in [0.1, 0.15) is 11.6 Å². The van der Waals surface area contributed by atoms with E-state index in [0.29, 0.717) is 23.6 Å². The molecule has 0 saturated carbocycles. The van der Waals surface area contributed by atoms with Gasteiger partial charge in [-0.25, -0.2) is 9.29 Å². The van der Waals surface area contributed by atoms with Crippen molar-refractivity contribution >= 4 is 29.4 Å². The van der Waals surface area contributed by atoms with E-state index in [1.807, 2.05) is 24.3 Å². The summed E-state index contributed by atoms with van der Waals surface area (Å²) in [6, 6.07) is 20.4. The number of amides is 2. The second-order valence-corrected chi connectivity index (χ2v) is 8.09. The van der Waals surface area contributed by atoms with Gasteiger partial charge in [-0.3, -0.25) is 14.4 Å². The van der Waals surface area contributed by atoms with Crippen molar-refractivity contribution in [1.29, 1.82) is 0 Å². The Bertz CT molecular complexity index is 1240. The van der Waals surface area contributed by atoms with E-state index in [0.717, 1.165) is 29.7 Å². The lowest BCUT2D eigenvalue weighted by Gasteiger charge is -2.14. The maximum atomic E-state index is 13.0. The molecule has 0 fully saturated rings. The van der Waals surface area contributed by atoms with Gasteiger partial charge in [0.2, 0.25) is 0 Å². The normalized spacial score (nSPS) is 13.1. The van der Waals surface area contributed by atoms with Crippen molar-refractivity contribution in [1.82, 2.24) is 0 Å². The molecule has 5 nitrogen and oxygen atoms in total. The summed E-state index contributed by atoms with van der Waals surface area (Å²) in [6.45, 7) is 0.564. The molecule has 0 aliphatic carbocycles.